The Labute approximate surface area is 140 Å². The van der Waals surface area contributed by atoms with Crippen molar-refractivity contribution >= 4 is 0 Å². The summed E-state index contributed by atoms with van der Waals surface area (Å²) in [6.45, 7) is 2.42. The molecule has 0 aliphatic rings. The zero-order chi connectivity index (χ0) is 16.3. The van der Waals surface area contributed by atoms with Crippen LogP contribution in [0, 0.1) is 5.92 Å². The third kappa shape index (κ3) is 5.69. The molecule has 2 rings (SSSR count). The van der Waals surface area contributed by atoms with Crippen LogP contribution >= 0.6 is 0 Å². The maximum atomic E-state index is 9.99. The summed E-state index contributed by atoms with van der Waals surface area (Å²) in [6, 6.07) is 21.0. The molecule has 0 fully saturated rings. The molecule has 2 aromatic carbocycles. The van der Waals surface area contributed by atoms with E-state index >= 15 is 0 Å². The highest BCUT2D eigenvalue weighted by Gasteiger charge is 2.20. The van der Waals surface area contributed by atoms with Crippen LogP contribution in [-0.4, -0.2) is 11.7 Å². The lowest BCUT2D eigenvalue weighted by atomic mass is 9.82. The Bertz CT molecular complexity index is 559. The fourth-order valence-electron chi connectivity index (χ4n) is 3.00. The van der Waals surface area contributed by atoms with E-state index in [4.69, 9.17) is 0 Å². The predicted molar refractivity (Wildman–Crippen MR) is 98.6 cm³/mol. The Kier molecular flexibility index (Phi) is 7.62. The number of unbranched alkanes of at least 4 members (excludes halogenated alkanes) is 2. The van der Waals surface area contributed by atoms with Crippen LogP contribution in [0.2, 0.25) is 0 Å². The summed E-state index contributed by atoms with van der Waals surface area (Å²) in [6.07, 6.45) is 9.04. The van der Waals surface area contributed by atoms with Crippen LogP contribution in [0.15, 0.2) is 72.8 Å². The molecule has 0 radical (unpaired) electrons. The number of rotatable bonds is 9. The Hall–Kier alpha value is -1.86. The number of allylic oxidation sites excluding steroid dienone is 2. The van der Waals surface area contributed by atoms with Crippen molar-refractivity contribution in [3.05, 3.63) is 83.9 Å². The molecule has 0 amide bonds. The topological polar surface area (TPSA) is 20.2 Å². The lowest BCUT2D eigenvalue weighted by Crippen LogP contribution is -2.18. The van der Waals surface area contributed by atoms with Crippen molar-refractivity contribution < 1.29 is 5.11 Å². The number of aliphatic hydroxyl groups is 1. The van der Waals surface area contributed by atoms with E-state index in [0.717, 1.165) is 12.8 Å². The molecule has 0 bridgehead atoms. The summed E-state index contributed by atoms with van der Waals surface area (Å²) in [5.41, 5.74) is 2.57. The maximum absolute atomic E-state index is 9.99. The second-order valence-electron chi connectivity index (χ2n) is 6.14. The molecule has 0 heterocycles. The van der Waals surface area contributed by atoms with Crippen LogP contribution in [0.5, 0.6) is 0 Å². The minimum atomic E-state index is 0.201. The average Bonchev–Trinajstić information content (AvgIpc) is 2.62. The molecule has 23 heavy (non-hydrogen) atoms. The van der Waals surface area contributed by atoms with Crippen molar-refractivity contribution in [2.24, 2.45) is 5.92 Å². The first-order valence-electron chi connectivity index (χ1n) is 8.71. The zero-order valence-electron chi connectivity index (χ0n) is 14.1. The molecule has 0 aromatic heterocycles. The first-order chi connectivity index (χ1) is 11.3. The molecule has 1 nitrogen and oxygen atoms in total. The van der Waals surface area contributed by atoms with E-state index in [1.165, 1.54) is 24.0 Å². The summed E-state index contributed by atoms with van der Waals surface area (Å²) in [4.78, 5) is 0. The smallest absolute Gasteiger partial charge is 0.0471 e. The molecule has 122 valence electrons. The summed E-state index contributed by atoms with van der Waals surface area (Å²) >= 11 is 0. The van der Waals surface area contributed by atoms with Gasteiger partial charge >= 0.3 is 0 Å². The summed E-state index contributed by atoms with van der Waals surface area (Å²) in [7, 11) is 0. The minimum absolute atomic E-state index is 0.201. The standard InChI is InChI=1S/C22H28O/c1-2-3-4-11-16-22(20-14-9-6-10-15-20)21(18-23)17-19-12-7-5-8-13-19/h5-16,21-23H,2-4,17-18H2,1H3/b16-11+/t21-,22+/m1/s1. The van der Waals surface area contributed by atoms with Gasteiger partial charge in [-0.15, -0.1) is 0 Å². The largest absolute Gasteiger partial charge is 0.396 e. The summed E-state index contributed by atoms with van der Waals surface area (Å²) < 4.78 is 0. The Morgan fingerprint density at radius 2 is 1.61 bits per heavy atom. The molecule has 0 aliphatic heterocycles. The Morgan fingerprint density at radius 1 is 0.957 bits per heavy atom. The van der Waals surface area contributed by atoms with E-state index in [0.29, 0.717) is 0 Å². The molecule has 0 saturated heterocycles. The van der Waals surface area contributed by atoms with Gasteiger partial charge in [0.15, 0.2) is 0 Å². The van der Waals surface area contributed by atoms with Gasteiger partial charge in [0.25, 0.3) is 0 Å². The molecule has 0 spiro atoms. The molecule has 1 N–H and O–H groups in total. The fraction of sp³-hybridized carbons (Fsp3) is 0.364. The first-order valence-corrected chi connectivity index (χ1v) is 8.71. The van der Waals surface area contributed by atoms with Gasteiger partial charge in [0.05, 0.1) is 0 Å². The second kappa shape index (κ2) is 10.0. The first kappa shape index (κ1) is 17.5. The minimum Gasteiger partial charge on any atom is -0.396 e. The van der Waals surface area contributed by atoms with Gasteiger partial charge in [-0.05, 0) is 29.9 Å². The molecule has 0 unspecified atom stereocenters. The SMILES string of the molecule is CCCC/C=C/[C@@H](c1ccccc1)[C@@H](CO)Cc1ccccc1. The van der Waals surface area contributed by atoms with Gasteiger partial charge in [0.2, 0.25) is 0 Å². The molecular formula is C22H28O. The number of aliphatic hydroxyl groups excluding tert-OH is 1. The summed E-state index contributed by atoms with van der Waals surface area (Å²) in [5.74, 6) is 0.468. The third-order valence-electron chi connectivity index (χ3n) is 4.34. The van der Waals surface area contributed by atoms with Crippen LogP contribution < -0.4 is 0 Å². The second-order valence-corrected chi connectivity index (χ2v) is 6.14. The normalized spacial score (nSPS) is 14.0. The van der Waals surface area contributed by atoms with Crippen LogP contribution in [0.25, 0.3) is 0 Å². The van der Waals surface area contributed by atoms with Crippen LogP contribution in [0.1, 0.15) is 43.2 Å². The van der Waals surface area contributed by atoms with Gasteiger partial charge in [-0.3, -0.25) is 0 Å². The highest BCUT2D eigenvalue weighted by Crippen LogP contribution is 2.29. The molecule has 1 heteroatoms. The summed E-state index contributed by atoms with van der Waals surface area (Å²) in [5, 5.41) is 9.99. The van der Waals surface area contributed by atoms with Crippen molar-refractivity contribution in [2.45, 2.75) is 38.5 Å². The lowest BCUT2D eigenvalue weighted by molar-refractivity contribution is 0.214. The van der Waals surface area contributed by atoms with Crippen molar-refractivity contribution in [2.75, 3.05) is 6.61 Å². The Balaban J connectivity index is 2.17. The number of hydrogen-bond acceptors (Lipinski definition) is 1. The van der Waals surface area contributed by atoms with E-state index in [1.807, 2.05) is 12.1 Å². The van der Waals surface area contributed by atoms with Crippen LogP contribution in [0.4, 0.5) is 0 Å². The number of hydrogen-bond donors (Lipinski definition) is 1. The molecule has 2 aromatic rings. The Morgan fingerprint density at radius 3 is 2.22 bits per heavy atom. The van der Waals surface area contributed by atoms with E-state index in [9.17, 15) is 5.11 Å². The third-order valence-corrected chi connectivity index (χ3v) is 4.34. The van der Waals surface area contributed by atoms with Gasteiger partial charge in [0.1, 0.15) is 0 Å². The van der Waals surface area contributed by atoms with Crippen molar-refractivity contribution in [3.63, 3.8) is 0 Å². The molecule has 2 atom stereocenters. The van der Waals surface area contributed by atoms with Gasteiger partial charge in [0, 0.05) is 12.5 Å². The quantitative estimate of drug-likeness (QED) is 0.488. The van der Waals surface area contributed by atoms with Crippen molar-refractivity contribution in [1.82, 2.24) is 0 Å². The zero-order valence-corrected chi connectivity index (χ0v) is 14.1. The van der Waals surface area contributed by atoms with E-state index in [-0.39, 0.29) is 18.4 Å². The molecule has 0 aliphatic carbocycles. The van der Waals surface area contributed by atoms with Crippen LogP contribution in [-0.2, 0) is 6.42 Å². The highest BCUT2D eigenvalue weighted by atomic mass is 16.3. The average molecular weight is 308 g/mol. The fourth-order valence-corrected chi connectivity index (χ4v) is 3.00. The number of benzene rings is 2. The van der Waals surface area contributed by atoms with E-state index < -0.39 is 0 Å². The van der Waals surface area contributed by atoms with Gasteiger partial charge in [-0.1, -0.05) is 92.6 Å². The van der Waals surface area contributed by atoms with Crippen LogP contribution in [0.3, 0.4) is 0 Å². The van der Waals surface area contributed by atoms with Gasteiger partial charge < -0.3 is 5.11 Å². The monoisotopic (exact) mass is 308 g/mol. The van der Waals surface area contributed by atoms with Crippen molar-refractivity contribution in [1.29, 1.82) is 0 Å². The molecule has 0 saturated carbocycles. The van der Waals surface area contributed by atoms with Crippen molar-refractivity contribution in [3.8, 4) is 0 Å². The van der Waals surface area contributed by atoms with Gasteiger partial charge in [-0.25, -0.2) is 0 Å². The maximum Gasteiger partial charge on any atom is 0.0471 e. The predicted octanol–water partition coefficient (Wildman–Crippen LogP) is 5.37. The lowest BCUT2D eigenvalue weighted by Gasteiger charge is -2.24. The van der Waals surface area contributed by atoms with E-state index in [2.05, 4.69) is 67.6 Å². The van der Waals surface area contributed by atoms with Gasteiger partial charge in [-0.2, -0.15) is 0 Å². The molecular weight excluding hydrogens is 280 g/mol. The highest BCUT2D eigenvalue weighted by molar-refractivity contribution is 5.26. The van der Waals surface area contributed by atoms with E-state index in [1.54, 1.807) is 0 Å².